The van der Waals surface area contributed by atoms with Crippen LogP contribution in [0.4, 0.5) is 8.78 Å². The van der Waals surface area contributed by atoms with Gasteiger partial charge in [-0.05, 0) is 13.0 Å². The molecular weight excluding hydrogens is 220 g/mol. The molecule has 6 heteroatoms. The third-order valence-electron chi connectivity index (χ3n) is 1.80. The van der Waals surface area contributed by atoms with E-state index in [0.717, 1.165) is 0 Å². The summed E-state index contributed by atoms with van der Waals surface area (Å²) in [5.74, 6) is -0.441. The molecule has 0 bridgehead atoms. The van der Waals surface area contributed by atoms with Gasteiger partial charge in [0.05, 0.1) is 12.7 Å². The molecule has 0 amide bonds. The van der Waals surface area contributed by atoms with Crippen molar-refractivity contribution >= 4 is 5.97 Å². The molecule has 0 aliphatic rings. The number of aromatic nitrogens is 1. The van der Waals surface area contributed by atoms with Crippen LogP contribution in [0.25, 0.3) is 0 Å². The Labute approximate surface area is 91.2 Å². The lowest BCUT2D eigenvalue weighted by Gasteiger charge is -2.08. The molecule has 88 valence electrons. The van der Waals surface area contributed by atoms with Crippen LogP contribution < -0.4 is 4.74 Å². The molecule has 0 saturated heterocycles. The van der Waals surface area contributed by atoms with Crippen LogP contribution in [0.15, 0.2) is 12.3 Å². The van der Waals surface area contributed by atoms with Gasteiger partial charge in [-0.1, -0.05) is 0 Å². The zero-order valence-corrected chi connectivity index (χ0v) is 8.87. The average Bonchev–Trinajstić information content (AvgIpc) is 2.26. The van der Waals surface area contributed by atoms with Crippen molar-refractivity contribution in [3.63, 3.8) is 0 Å². The number of pyridine rings is 1. The average molecular weight is 231 g/mol. The Morgan fingerprint density at radius 2 is 2.25 bits per heavy atom. The topological polar surface area (TPSA) is 48.4 Å². The number of methoxy groups -OCH3 is 1. The number of carbonyl (C=O) groups excluding carboxylic acids is 1. The summed E-state index contributed by atoms with van der Waals surface area (Å²) in [6, 6.07) is 1.47. The highest BCUT2D eigenvalue weighted by Gasteiger charge is 2.11. The highest BCUT2D eigenvalue weighted by Crippen LogP contribution is 2.16. The molecule has 0 fully saturated rings. The van der Waals surface area contributed by atoms with E-state index >= 15 is 0 Å². The second-order valence-electron chi connectivity index (χ2n) is 3.04. The highest BCUT2D eigenvalue weighted by atomic mass is 19.3. The van der Waals surface area contributed by atoms with E-state index in [1.54, 1.807) is 6.92 Å². The van der Waals surface area contributed by atoms with Crippen molar-refractivity contribution in [2.45, 2.75) is 13.3 Å². The first-order valence-corrected chi connectivity index (χ1v) is 4.50. The number of esters is 1. The second-order valence-corrected chi connectivity index (χ2v) is 3.04. The largest absolute Gasteiger partial charge is 0.471 e. The van der Waals surface area contributed by atoms with Gasteiger partial charge >= 0.3 is 5.97 Å². The zero-order chi connectivity index (χ0) is 12.1. The molecule has 16 heavy (non-hydrogen) atoms. The first kappa shape index (κ1) is 12.4. The Morgan fingerprint density at radius 1 is 1.56 bits per heavy atom. The van der Waals surface area contributed by atoms with Gasteiger partial charge in [0.1, 0.15) is 0 Å². The Kier molecular flexibility index (Phi) is 4.16. The summed E-state index contributed by atoms with van der Waals surface area (Å²) in [6.45, 7) is 0.894. The summed E-state index contributed by atoms with van der Waals surface area (Å²) in [5.41, 5.74) is 0.757. The lowest BCUT2D eigenvalue weighted by atomic mass is 10.2. The normalized spacial score (nSPS) is 10.3. The highest BCUT2D eigenvalue weighted by molar-refractivity contribution is 5.89. The fourth-order valence-corrected chi connectivity index (χ4v) is 1.08. The van der Waals surface area contributed by atoms with E-state index in [-0.39, 0.29) is 11.4 Å². The third-order valence-corrected chi connectivity index (χ3v) is 1.80. The van der Waals surface area contributed by atoms with Crippen molar-refractivity contribution in [1.82, 2.24) is 4.98 Å². The molecule has 0 aliphatic heterocycles. The van der Waals surface area contributed by atoms with Crippen LogP contribution in [-0.4, -0.2) is 31.1 Å². The lowest BCUT2D eigenvalue weighted by molar-refractivity contribution is 0.0598. The molecule has 1 rings (SSSR count). The Balaban J connectivity index is 2.79. The van der Waals surface area contributed by atoms with E-state index in [9.17, 15) is 13.6 Å². The maximum Gasteiger partial charge on any atom is 0.339 e. The van der Waals surface area contributed by atoms with Gasteiger partial charge in [-0.3, -0.25) is 0 Å². The Hall–Kier alpha value is -1.72. The first-order chi connectivity index (χ1) is 7.54. The van der Waals surface area contributed by atoms with Gasteiger partial charge < -0.3 is 9.47 Å². The summed E-state index contributed by atoms with van der Waals surface area (Å²) >= 11 is 0. The quantitative estimate of drug-likeness (QED) is 0.741. The number of alkyl halides is 2. The summed E-state index contributed by atoms with van der Waals surface area (Å²) in [4.78, 5) is 14.9. The minimum Gasteiger partial charge on any atom is -0.471 e. The van der Waals surface area contributed by atoms with Gasteiger partial charge in [-0.25, -0.2) is 18.6 Å². The number of hydrogen-bond acceptors (Lipinski definition) is 4. The van der Waals surface area contributed by atoms with Crippen LogP contribution >= 0.6 is 0 Å². The lowest BCUT2D eigenvalue weighted by Crippen LogP contribution is -2.10. The smallest absolute Gasteiger partial charge is 0.339 e. The van der Waals surface area contributed by atoms with Gasteiger partial charge in [0.2, 0.25) is 5.88 Å². The van der Waals surface area contributed by atoms with Gasteiger partial charge in [-0.2, -0.15) is 0 Å². The second kappa shape index (κ2) is 5.39. The molecule has 0 N–H and O–H groups in total. The summed E-state index contributed by atoms with van der Waals surface area (Å²) in [6.07, 6.45) is -1.33. The Bertz CT molecular complexity index is 382. The SMILES string of the molecule is COC(=O)c1cnc(OCC(F)F)c(C)c1. The van der Waals surface area contributed by atoms with Crippen LogP contribution in [0.2, 0.25) is 0 Å². The van der Waals surface area contributed by atoms with Gasteiger partial charge in [0.15, 0.2) is 6.61 Å². The molecule has 0 saturated carbocycles. The van der Waals surface area contributed by atoms with Crippen LogP contribution in [0, 0.1) is 6.92 Å². The van der Waals surface area contributed by atoms with E-state index in [2.05, 4.69) is 9.72 Å². The Morgan fingerprint density at radius 3 is 2.75 bits per heavy atom. The summed E-state index contributed by atoms with van der Waals surface area (Å²) < 4.78 is 33.0. The third kappa shape index (κ3) is 3.15. The number of carbonyl (C=O) groups is 1. The fraction of sp³-hybridized carbons (Fsp3) is 0.400. The fourth-order valence-electron chi connectivity index (χ4n) is 1.08. The number of rotatable bonds is 4. The van der Waals surface area contributed by atoms with Crippen molar-refractivity contribution in [2.24, 2.45) is 0 Å². The molecule has 1 heterocycles. The molecule has 0 spiro atoms. The predicted molar refractivity (Wildman–Crippen MR) is 51.8 cm³/mol. The standard InChI is InChI=1S/C10H11F2NO3/c1-6-3-7(10(14)15-2)4-13-9(6)16-5-8(11)12/h3-4,8H,5H2,1-2H3. The molecule has 0 unspecified atom stereocenters. The van der Waals surface area contributed by atoms with Gasteiger partial charge in [0, 0.05) is 11.8 Å². The van der Waals surface area contributed by atoms with Crippen molar-refractivity contribution in [1.29, 1.82) is 0 Å². The van der Waals surface area contributed by atoms with E-state index in [0.29, 0.717) is 5.56 Å². The number of ether oxygens (including phenoxy) is 2. The van der Waals surface area contributed by atoms with Crippen LogP contribution in [0.1, 0.15) is 15.9 Å². The molecule has 0 radical (unpaired) electrons. The van der Waals surface area contributed by atoms with E-state index < -0.39 is 19.0 Å². The van der Waals surface area contributed by atoms with Crippen LogP contribution in [0.3, 0.4) is 0 Å². The van der Waals surface area contributed by atoms with Crippen molar-refractivity contribution < 1.29 is 23.0 Å². The predicted octanol–water partition coefficient (Wildman–Crippen LogP) is 1.82. The van der Waals surface area contributed by atoms with Gasteiger partial charge in [-0.15, -0.1) is 0 Å². The van der Waals surface area contributed by atoms with E-state index in [1.807, 2.05) is 0 Å². The first-order valence-electron chi connectivity index (χ1n) is 4.50. The van der Waals surface area contributed by atoms with Crippen LogP contribution in [0.5, 0.6) is 5.88 Å². The minimum absolute atomic E-state index is 0.0907. The molecule has 0 aromatic carbocycles. The number of nitrogens with zero attached hydrogens (tertiary/aromatic N) is 1. The number of halogens is 2. The molecule has 1 aromatic rings. The minimum atomic E-state index is -2.55. The zero-order valence-electron chi connectivity index (χ0n) is 8.87. The summed E-state index contributed by atoms with van der Waals surface area (Å²) in [7, 11) is 1.25. The van der Waals surface area contributed by atoms with E-state index in [1.165, 1.54) is 19.4 Å². The van der Waals surface area contributed by atoms with E-state index in [4.69, 9.17) is 4.74 Å². The maximum atomic E-state index is 11.9. The molecule has 0 atom stereocenters. The number of hydrogen-bond donors (Lipinski definition) is 0. The van der Waals surface area contributed by atoms with Crippen LogP contribution in [-0.2, 0) is 4.74 Å². The summed E-state index contributed by atoms with van der Waals surface area (Å²) in [5, 5.41) is 0. The number of aryl methyl sites for hydroxylation is 1. The molecular formula is C10H11F2NO3. The molecule has 0 aliphatic carbocycles. The molecule has 1 aromatic heterocycles. The maximum absolute atomic E-state index is 11.9. The molecule has 4 nitrogen and oxygen atoms in total. The monoisotopic (exact) mass is 231 g/mol. The van der Waals surface area contributed by atoms with Gasteiger partial charge in [0.25, 0.3) is 6.43 Å². The van der Waals surface area contributed by atoms with Crippen molar-refractivity contribution in [3.05, 3.63) is 23.4 Å². The van der Waals surface area contributed by atoms with Crippen molar-refractivity contribution in [3.8, 4) is 5.88 Å². The van der Waals surface area contributed by atoms with Crippen molar-refractivity contribution in [2.75, 3.05) is 13.7 Å².